The molecule has 2 rings (SSSR count). The Morgan fingerprint density at radius 1 is 1.16 bits per heavy atom. The van der Waals surface area contributed by atoms with Crippen molar-refractivity contribution in [3.63, 3.8) is 0 Å². The minimum absolute atomic E-state index is 0.114. The second-order valence-electron chi connectivity index (χ2n) is 5.52. The van der Waals surface area contributed by atoms with Gasteiger partial charge in [0.1, 0.15) is 0 Å². The molecule has 2 fully saturated rings. The van der Waals surface area contributed by atoms with Crippen LogP contribution in [-0.2, 0) is 9.59 Å². The number of β-amino-alcohol motifs (C(OH)–C–C–N with tert-alkyl or cyclic N) is 1. The average molecular weight is 279 g/mol. The number of carbonyl (C=O) groups excluding carboxylic acids is 2. The first-order valence-electron chi connectivity index (χ1n) is 6.32. The molecular formula is C12H16F3NO3. The Hall–Kier alpha value is -1.11. The molecule has 1 unspecified atom stereocenters. The zero-order valence-electron chi connectivity index (χ0n) is 10.4. The van der Waals surface area contributed by atoms with Crippen LogP contribution in [0, 0.1) is 5.41 Å². The number of halogens is 3. The molecule has 1 spiro atoms. The third-order valence-corrected chi connectivity index (χ3v) is 4.05. The second kappa shape index (κ2) is 4.77. The Kier molecular flexibility index (Phi) is 3.59. The Bertz CT molecular complexity index is 368. The van der Waals surface area contributed by atoms with E-state index in [9.17, 15) is 22.8 Å². The first-order chi connectivity index (χ1) is 8.73. The van der Waals surface area contributed by atoms with Crippen LogP contribution in [0.4, 0.5) is 13.2 Å². The molecular weight excluding hydrogens is 263 g/mol. The van der Waals surface area contributed by atoms with Crippen LogP contribution in [0.1, 0.15) is 38.5 Å². The van der Waals surface area contributed by atoms with Crippen molar-refractivity contribution in [1.82, 2.24) is 4.90 Å². The molecule has 1 aliphatic heterocycles. The molecule has 1 atom stereocenters. The smallest absolute Gasteiger partial charge is 0.382 e. The molecule has 1 N–H and O–H groups in total. The molecule has 1 saturated carbocycles. The minimum atomic E-state index is -4.82. The molecule has 108 valence electrons. The maximum atomic E-state index is 12.3. The van der Waals surface area contributed by atoms with Gasteiger partial charge in [0.2, 0.25) is 11.8 Å². The molecule has 0 aromatic carbocycles. The van der Waals surface area contributed by atoms with E-state index < -0.39 is 30.6 Å². The van der Waals surface area contributed by atoms with Crippen LogP contribution < -0.4 is 0 Å². The zero-order chi connectivity index (χ0) is 14.3. The van der Waals surface area contributed by atoms with Gasteiger partial charge in [-0.05, 0) is 18.3 Å². The van der Waals surface area contributed by atoms with Crippen LogP contribution in [0.15, 0.2) is 0 Å². The van der Waals surface area contributed by atoms with Gasteiger partial charge >= 0.3 is 6.18 Å². The summed E-state index contributed by atoms with van der Waals surface area (Å²) in [5.74, 6) is -1.19. The van der Waals surface area contributed by atoms with Gasteiger partial charge in [0, 0.05) is 12.8 Å². The summed E-state index contributed by atoms with van der Waals surface area (Å²) in [6, 6.07) is 0. The summed E-state index contributed by atoms with van der Waals surface area (Å²) in [6.07, 6.45) is -3.80. The van der Waals surface area contributed by atoms with Crippen molar-refractivity contribution < 1.29 is 27.9 Å². The van der Waals surface area contributed by atoms with Crippen LogP contribution in [0.5, 0.6) is 0 Å². The van der Waals surface area contributed by atoms with Crippen LogP contribution in [-0.4, -0.2) is 40.6 Å². The zero-order valence-corrected chi connectivity index (χ0v) is 10.4. The topological polar surface area (TPSA) is 57.6 Å². The maximum Gasteiger partial charge on any atom is 0.416 e. The van der Waals surface area contributed by atoms with Crippen molar-refractivity contribution in [1.29, 1.82) is 0 Å². The van der Waals surface area contributed by atoms with Gasteiger partial charge in [0.15, 0.2) is 6.10 Å². The van der Waals surface area contributed by atoms with Crippen molar-refractivity contribution in [3.8, 4) is 0 Å². The van der Waals surface area contributed by atoms with Gasteiger partial charge in [-0.2, -0.15) is 13.2 Å². The number of imide groups is 1. The van der Waals surface area contributed by atoms with E-state index in [1.54, 1.807) is 0 Å². The van der Waals surface area contributed by atoms with Crippen LogP contribution >= 0.6 is 0 Å². The van der Waals surface area contributed by atoms with Gasteiger partial charge in [-0.25, -0.2) is 0 Å². The number of aliphatic hydroxyl groups excluding tert-OH is 1. The Balaban J connectivity index is 2.04. The first kappa shape index (κ1) is 14.3. The van der Waals surface area contributed by atoms with E-state index in [-0.39, 0.29) is 18.3 Å². The normalized spacial score (nSPS) is 25.2. The largest absolute Gasteiger partial charge is 0.416 e. The summed E-state index contributed by atoms with van der Waals surface area (Å²) in [6.45, 7) is -0.989. The highest BCUT2D eigenvalue weighted by Crippen LogP contribution is 2.47. The maximum absolute atomic E-state index is 12.3. The highest BCUT2D eigenvalue weighted by molar-refractivity contribution is 5.98. The van der Waals surface area contributed by atoms with Gasteiger partial charge in [-0.3, -0.25) is 14.5 Å². The fraction of sp³-hybridized carbons (Fsp3) is 0.833. The number of aliphatic hydroxyl groups is 1. The van der Waals surface area contributed by atoms with E-state index in [1.807, 2.05) is 0 Å². The Labute approximate surface area is 108 Å². The summed E-state index contributed by atoms with van der Waals surface area (Å²) in [5, 5.41) is 8.96. The SMILES string of the molecule is O=C1CC2(CCCC2)CC(=O)N1CC(O)C(F)(F)F. The molecule has 0 aromatic rings. The van der Waals surface area contributed by atoms with Gasteiger partial charge in [-0.15, -0.1) is 0 Å². The van der Waals surface area contributed by atoms with Crippen LogP contribution in [0.3, 0.4) is 0 Å². The second-order valence-corrected chi connectivity index (χ2v) is 5.52. The third-order valence-electron chi connectivity index (χ3n) is 4.05. The molecule has 1 saturated heterocycles. The average Bonchev–Trinajstić information content (AvgIpc) is 2.70. The summed E-state index contributed by atoms with van der Waals surface area (Å²) in [7, 11) is 0. The standard InChI is InChI=1S/C12H16F3NO3/c13-12(14,15)8(17)7-16-9(18)5-11(6-10(16)19)3-1-2-4-11/h8,17H,1-7H2. The lowest BCUT2D eigenvalue weighted by atomic mass is 9.76. The van der Waals surface area contributed by atoms with E-state index in [0.29, 0.717) is 4.90 Å². The molecule has 2 aliphatic rings. The quantitative estimate of drug-likeness (QED) is 0.781. The van der Waals surface area contributed by atoms with Crippen LogP contribution in [0.2, 0.25) is 0 Å². The lowest BCUT2D eigenvalue weighted by molar-refractivity contribution is -0.209. The molecule has 0 radical (unpaired) electrons. The summed E-state index contributed by atoms with van der Waals surface area (Å²) in [4.78, 5) is 24.3. The van der Waals surface area contributed by atoms with E-state index in [0.717, 1.165) is 25.7 Å². The number of likely N-dealkylation sites (tertiary alicyclic amines) is 1. The van der Waals surface area contributed by atoms with E-state index in [2.05, 4.69) is 0 Å². The highest BCUT2D eigenvalue weighted by Gasteiger charge is 2.48. The Morgan fingerprint density at radius 3 is 2.05 bits per heavy atom. The predicted octanol–water partition coefficient (Wildman–Crippen LogP) is 1.62. The monoisotopic (exact) mass is 279 g/mol. The van der Waals surface area contributed by atoms with Crippen molar-refractivity contribution in [2.24, 2.45) is 5.41 Å². The van der Waals surface area contributed by atoms with Crippen molar-refractivity contribution in [2.45, 2.75) is 50.8 Å². The lowest BCUT2D eigenvalue weighted by Crippen LogP contribution is -2.52. The molecule has 19 heavy (non-hydrogen) atoms. The molecule has 1 heterocycles. The molecule has 0 bridgehead atoms. The number of amides is 2. The number of rotatable bonds is 2. The molecule has 0 aromatic heterocycles. The number of hydrogen-bond donors (Lipinski definition) is 1. The van der Waals surface area contributed by atoms with E-state index in [1.165, 1.54) is 0 Å². The number of carbonyl (C=O) groups is 2. The summed E-state index contributed by atoms with van der Waals surface area (Å²) >= 11 is 0. The molecule has 7 heteroatoms. The molecule has 2 amide bonds. The number of piperidine rings is 1. The lowest BCUT2D eigenvalue weighted by Gasteiger charge is -2.38. The van der Waals surface area contributed by atoms with Gasteiger partial charge in [-0.1, -0.05) is 12.8 Å². The third kappa shape index (κ3) is 2.91. The number of hydrogen-bond acceptors (Lipinski definition) is 3. The Morgan fingerprint density at radius 2 is 1.63 bits per heavy atom. The van der Waals surface area contributed by atoms with E-state index >= 15 is 0 Å². The minimum Gasteiger partial charge on any atom is -0.382 e. The van der Waals surface area contributed by atoms with Crippen molar-refractivity contribution >= 4 is 11.8 Å². The number of alkyl halides is 3. The fourth-order valence-corrected chi connectivity index (χ4v) is 2.99. The van der Waals surface area contributed by atoms with Crippen molar-refractivity contribution in [2.75, 3.05) is 6.54 Å². The molecule has 4 nitrogen and oxygen atoms in total. The van der Waals surface area contributed by atoms with Gasteiger partial charge < -0.3 is 5.11 Å². The molecule has 1 aliphatic carbocycles. The first-order valence-corrected chi connectivity index (χ1v) is 6.32. The van der Waals surface area contributed by atoms with Gasteiger partial charge in [0.05, 0.1) is 6.54 Å². The highest BCUT2D eigenvalue weighted by atomic mass is 19.4. The van der Waals surface area contributed by atoms with Gasteiger partial charge in [0.25, 0.3) is 0 Å². The summed E-state index contributed by atoms with van der Waals surface area (Å²) in [5.41, 5.74) is -0.339. The fourth-order valence-electron chi connectivity index (χ4n) is 2.99. The van der Waals surface area contributed by atoms with E-state index in [4.69, 9.17) is 5.11 Å². The van der Waals surface area contributed by atoms with Crippen LogP contribution in [0.25, 0.3) is 0 Å². The van der Waals surface area contributed by atoms with Crippen molar-refractivity contribution in [3.05, 3.63) is 0 Å². The predicted molar refractivity (Wildman–Crippen MR) is 58.9 cm³/mol. The number of nitrogens with zero attached hydrogens (tertiary/aromatic N) is 1. The summed E-state index contributed by atoms with van der Waals surface area (Å²) < 4.78 is 36.8.